The van der Waals surface area contributed by atoms with Gasteiger partial charge in [-0.05, 0) is 86.3 Å². The molecule has 4 heterocycles. The van der Waals surface area contributed by atoms with E-state index in [4.69, 9.17) is 9.52 Å². The summed E-state index contributed by atoms with van der Waals surface area (Å²) >= 11 is 0. The number of anilines is 1. The fraction of sp³-hybridized carbons (Fsp3) is 0.438. The van der Waals surface area contributed by atoms with Crippen LogP contribution >= 0.6 is 0 Å². The summed E-state index contributed by atoms with van der Waals surface area (Å²) in [5, 5.41) is 25.5. The Morgan fingerprint density at radius 1 is 1.07 bits per heavy atom. The highest BCUT2D eigenvalue weighted by Crippen LogP contribution is 2.37. The molecule has 1 saturated carbocycles. The lowest BCUT2D eigenvalue weighted by Crippen LogP contribution is -2.41. The third-order valence-corrected chi connectivity index (χ3v) is 13.6. The van der Waals surface area contributed by atoms with Gasteiger partial charge in [0.25, 0.3) is 5.91 Å². The van der Waals surface area contributed by atoms with E-state index in [1.54, 1.807) is 15.5 Å². The second-order valence-electron chi connectivity index (χ2n) is 13.3. The molecular weight excluding hydrogens is 570 g/mol. The largest absolute Gasteiger partial charge is 0.415 e. The first-order chi connectivity index (χ1) is 20.8. The topological polar surface area (TPSA) is 117 Å². The van der Waals surface area contributed by atoms with Crippen molar-refractivity contribution in [1.29, 1.82) is 0 Å². The fourth-order valence-corrected chi connectivity index (χ4v) is 6.17. The maximum absolute atomic E-state index is 13.6. The number of carbonyl (C=O) groups is 1. The lowest BCUT2D eigenvalue weighted by Gasteiger charge is -2.36. The van der Waals surface area contributed by atoms with E-state index in [9.17, 15) is 4.79 Å². The number of hydrogen-bond donors (Lipinski definition) is 1. The zero-order valence-electron chi connectivity index (χ0n) is 26.8. The van der Waals surface area contributed by atoms with Gasteiger partial charge in [0.05, 0.1) is 42.2 Å². The van der Waals surface area contributed by atoms with Crippen LogP contribution < -0.4 is 5.32 Å². The summed E-state index contributed by atoms with van der Waals surface area (Å²) in [6, 6.07) is 10.2. The molecule has 1 N–H and O–H groups in total. The highest BCUT2D eigenvalue weighted by atomic mass is 28.4. The Balaban J connectivity index is 1.23. The molecule has 0 spiro atoms. The molecule has 0 unspecified atom stereocenters. The van der Waals surface area contributed by atoms with Crippen molar-refractivity contribution in [3.8, 4) is 22.5 Å². The van der Waals surface area contributed by atoms with Crippen LogP contribution in [0, 0.1) is 20.8 Å². The smallest absolute Gasteiger partial charge is 0.259 e. The molecule has 0 radical (unpaired) electrons. The zero-order valence-corrected chi connectivity index (χ0v) is 27.8. The first-order valence-corrected chi connectivity index (χ1v) is 18.1. The van der Waals surface area contributed by atoms with Crippen LogP contribution in [0.5, 0.6) is 0 Å². The quantitative estimate of drug-likeness (QED) is 0.192. The van der Waals surface area contributed by atoms with E-state index in [0.717, 1.165) is 52.0 Å². The van der Waals surface area contributed by atoms with Crippen LogP contribution in [0.3, 0.4) is 0 Å². The molecule has 1 aliphatic rings. The Morgan fingerprint density at radius 2 is 1.84 bits per heavy atom. The molecule has 1 fully saturated rings. The number of amides is 1. The van der Waals surface area contributed by atoms with Crippen molar-refractivity contribution < 1.29 is 9.22 Å². The number of aromatic nitrogens is 8. The number of nitrogens with one attached hydrogen (secondary N) is 1. The molecule has 1 amide bonds. The molecule has 6 rings (SSSR count). The number of hydrogen-bond acceptors (Lipinski definition) is 7. The molecule has 5 aromatic rings. The van der Waals surface area contributed by atoms with Gasteiger partial charge < -0.3 is 9.74 Å². The van der Waals surface area contributed by atoms with Gasteiger partial charge in [-0.25, -0.2) is 4.52 Å². The van der Waals surface area contributed by atoms with Crippen molar-refractivity contribution in [2.45, 2.75) is 85.1 Å². The molecular formula is C32H41N9O2Si. The van der Waals surface area contributed by atoms with E-state index in [-0.39, 0.29) is 10.9 Å². The van der Waals surface area contributed by atoms with Crippen LogP contribution in [-0.2, 0) is 11.0 Å². The minimum absolute atomic E-state index is 0.160. The Hall–Kier alpha value is -4.16. The molecule has 0 aliphatic heterocycles. The van der Waals surface area contributed by atoms with Gasteiger partial charge in [0.15, 0.2) is 8.32 Å². The SMILES string of the molecule is Cc1ccc(-c2nnn(C3CC3)n2)cc1NC(=O)c1cnn2ccc(-c3c(C)nn(CCO[Si](C)(C)C(C)(C)C)c3C)cc12. The molecule has 1 aliphatic carbocycles. The number of benzene rings is 1. The summed E-state index contributed by atoms with van der Waals surface area (Å²) in [5.74, 6) is 0.310. The predicted molar refractivity (Wildman–Crippen MR) is 173 cm³/mol. The Kier molecular flexibility index (Phi) is 7.53. The van der Waals surface area contributed by atoms with E-state index in [1.165, 1.54) is 0 Å². The van der Waals surface area contributed by atoms with E-state index in [2.05, 4.69) is 66.6 Å². The fourth-order valence-electron chi connectivity index (χ4n) is 5.13. The molecule has 0 atom stereocenters. The molecule has 230 valence electrons. The average Bonchev–Trinajstić information content (AvgIpc) is 3.41. The molecule has 4 aromatic heterocycles. The maximum Gasteiger partial charge on any atom is 0.259 e. The molecule has 0 bridgehead atoms. The number of tetrazole rings is 1. The first-order valence-electron chi connectivity index (χ1n) is 15.2. The van der Waals surface area contributed by atoms with Gasteiger partial charge in [0.2, 0.25) is 5.82 Å². The molecule has 1 aromatic carbocycles. The molecule has 12 heteroatoms. The van der Waals surface area contributed by atoms with E-state index in [0.29, 0.717) is 36.3 Å². The van der Waals surface area contributed by atoms with Crippen molar-refractivity contribution in [3.63, 3.8) is 0 Å². The van der Waals surface area contributed by atoms with Crippen LogP contribution in [0.2, 0.25) is 18.1 Å². The summed E-state index contributed by atoms with van der Waals surface area (Å²) in [6.45, 7) is 18.7. The second-order valence-corrected chi connectivity index (χ2v) is 18.1. The Bertz CT molecular complexity index is 1860. The van der Waals surface area contributed by atoms with Crippen molar-refractivity contribution in [2.75, 3.05) is 11.9 Å². The Morgan fingerprint density at radius 3 is 2.57 bits per heavy atom. The van der Waals surface area contributed by atoms with Gasteiger partial charge in [-0.15, -0.1) is 10.2 Å². The van der Waals surface area contributed by atoms with Crippen LogP contribution in [0.15, 0.2) is 42.7 Å². The minimum Gasteiger partial charge on any atom is -0.415 e. The van der Waals surface area contributed by atoms with E-state index < -0.39 is 8.32 Å². The van der Waals surface area contributed by atoms with Crippen molar-refractivity contribution in [3.05, 3.63) is 65.2 Å². The van der Waals surface area contributed by atoms with Crippen molar-refractivity contribution in [1.82, 2.24) is 39.6 Å². The van der Waals surface area contributed by atoms with Gasteiger partial charge in [0.1, 0.15) is 0 Å². The maximum atomic E-state index is 13.6. The van der Waals surface area contributed by atoms with E-state index >= 15 is 0 Å². The molecule has 11 nitrogen and oxygen atoms in total. The number of rotatable bonds is 9. The van der Waals surface area contributed by atoms with E-state index in [1.807, 2.05) is 55.1 Å². The summed E-state index contributed by atoms with van der Waals surface area (Å²) in [6.07, 6.45) is 5.66. The third kappa shape index (κ3) is 5.71. The zero-order chi connectivity index (χ0) is 31.4. The lowest BCUT2D eigenvalue weighted by atomic mass is 10.0. The summed E-state index contributed by atoms with van der Waals surface area (Å²) < 4.78 is 10.2. The summed E-state index contributed by atoms with van der Waals surface area (Å²) in [5.41, 5.74) is 7.68. The van der Waals surface area contributed by atoms with Crippen LogP contribution in [-0.4, -0.2) is 60.4 Å². The number of fused-ring (bicyclic) bond motifs is 1. The van der Waals surface area contributed by atoms with Gasteiger partial charge in [0, 0.05) is 28.7 Å². The predicted octanol–water partition coefficient (Wildman–Crippen LogP) is 6.39. The lowest BCUT2D eigenvalue weighted by molar-refractivity contribution is 0.102. The second kappa shape index (κ2) is 11.1. The molecule has 0 saturated heterocycles. The van der Waals surface area contributed by atoms with Crippen LogP contribution in [0.4, 0.5) is 5.69 Å². The van der Waals surface area contributed by atoms with Gasteiger partial charge in [-0.3, -0.25) is 9.48 Å². The summed E-state index contributed by atoms with van der Waals surface area (Å²) in [4.78, 5) is 15.3. The average molecular weight is 612 g/mol. The highest BCUT2D eigenvalue weighted by molar-refractivity contribution is 6.74. The number of carbonyl (C=O) groups excluding carboxylic acids is 1. The van der Waals surface area contributed by atoms with Gasteiger partial charge in [-0.1, -0.05) is 32.9 Å². The normalized spacial score (nSPS) is 14.0. The number of nitrogens with zero attached hydrogens (tertiary/aromatic N) is 8. The first kappa shape index (κ1) is 29.9. The number of aryl methyl sites for hydroxylation is 2. The monoisotopic (exact) mass is 611 g/mol. The minimum atomic E-state index is -1.84. The highest BCUT2D eigenvalue weighted by Gasteiger charge is 2.37. The van der Waals surface area contributed by atoms with Gasteiger partial charge in [-0.2, -0.15) is 15.0 Å². The van der Waals surface area contributed by atoms with Crippen LogP contribution in [0.1, 0.15) is 67.0 Å². The third-order valence-electron chi connectivity index (χ3n) is 9.05. The van der Waals surface area contributed by atoms with Crippen molar-refractivity contribution in [2.24, 2.45) is 0 Å². The standard InChI is InChI=1S/C32H41N9O2Si/c1-20-9-10-24(30-35-38-41(37-30)25-11-12-25)17-27(20)34-31(42)26-19-33-40-14-13-23(18-28(26)40)29-21(2)36-39(22(29)3)15-16-43-44(7,8)32(4,5)6/h9-10,13-14,17-19,25H,11-12,15-16H2,1-8H3,(H,34,42). The number of pyridine rings is 1. The summed E-state index contributed by atoms with van der Waals surface area (Å²) in [7, 11) is -1.84. The molecule has 44 heavy (non-hydrogen) atoms. The van der Waals surface area contributed by atoms with Crippen LogP contribution in [0.25, 0.3) is 28.0 Å². The van der Waals surface area contributed by atoms with Gasteiger partial charge >= 0.3 is 0 Å². The Labute approximate surface area is 258 Å². The van der Waals surface area contributed by atoms with Crippen molar-refractivity contribution >= 4 is 25.4 Å².